The number of halogens is 1. The van der Waals surface area contributed by atoms with Crippen molar-refractivity contribution in [3.05, 3.63) is 34.9 Å². The van der Waals surface area contributed by atoms with E-state index >= 15 is 0 Å². The third-order valence-corrected chi connectivity index (χ3v) is 2.42. The van der Waals surface area contributed by atoms with Crippen LogP contribution in [0.4, 0.5) is 0 Å². The number of hydrogen-bond donors (Lipinski definition) is 3. The molecule has 0 spiro atoms. The van der Waals surface area contributed by atoms with E-state index in [-0.39, 0.29) is 11.5 Å². The van der Waals surface area contributed by atoms with Gasteiger partial charge in [0.05, 0.1) is 6.07 Å². The Hall–Kier alpha value is -1.84. The lowest BCUT2D eigenvalue weighted by molar-refractivity contribution is -0.120. The van der Waals surface area contributed by atoms with Gasteiger partial charge in [0.1, 0.15) is 6.42 Å². The highest BCUT2D eigenvalue weighted by molar-refractivity contribution is 7.80. The summed E-state index contributed by atoms with van der Waals surface area (Å²) >= 11 is 10.7. The maximum atomic E-state index is 11.0. The lowest BCUT2D eigenvalue weighted by atomic mass is 10.2. The van der Waals surface area contributed by atoms with Gasteiger partial charge in [0, 0.05) is 11.6 Å². The molecule has 7 heteroatoms. The summed E-state index contributed by atoms with van der Waals surface area (Å²) in [5, 5.41) is 12.1. The van der Waals surface area contributed by atoms with Crippen molar-refractivity contribution in [2.24, 2.45) is 0 Å². The Balaban J connectivity index is 2.27. The molecule has 18 heavy (non-hydrogen) atoms. The van der Waals surface area contributed by atoms with Gasteiger partial charge in [-0.25, -0.2) is 0 Å². The van der Waals surface area contributed by atoms with Crippen molar-refractivity contribution in [2.75, 3.05) is 0 Å². The molecule has 0 saturated heterocycles. The first kappa shape index (κ1) is 14.2. The predicted octanol–water partition coefficient (Wildman–Crippen LogP) is 1.25. The summed E-state index contributed by atoms with van der Waals surface area (Å²) in [6, 6.07) is 9.02. The van der Waals surface area contributed by atoms with Crippen molar-refractivity contribution in [3.8, 4) is 6.07 Å². The molecule has 0 aliphatic heterocycles. The predicted molar refractivity (Wildman–Crippen MR) is 72.4 cm³/mol. The standard InChI is InChI=1S/C11H11ClN4OS/c12-9-3-1-8(2-4-9)7-14-11(18)16-15-10(17)5-6-13/h1-4H,5,7H2,(H,15,17)(H2,14,16,18). The molecular weight excluding hydrogens is 272 g/mol. The van der Waals surface area contributed by atoms with Gasteiger partial charge >= 0.3 is 0 Å². The van der Waals surface area contributed by atoms with Crippen molar-refractivity contribution < 1.29 is 4.79 Å². The van der Waals surface area contributed by atoms with Gasteiger partial charge < -0.3 is 5.32 Å². The van der Waals surface area contributed by atoms with Gasteiger partial charge in [-0.15, -0.1) is 0 Å². The first-order valence-electron chi connectivity index (χ1n) is 5.06. The largest absolute Gasteiger partial charge is 0.357 e. The normalized spacial score (nSPS) is 9.11. The number of nitrogens with one attached hydrogen (secondary N) is 3. The zero-order valence-corrected chi connectivity index (χ0v) is 10.9. The number of hydrazine groups is 1. The Morgan fingerprint density at radius 1 is 1.33 bits per heavy atom. The number of rotatable bonds is 3. The molecule has 0 aromatic heterocycles. The summed E-state index contributed by atoms with van der Waals surface area (Å²) in [6.07, 6.45) is -0.215. The smallest absolute Gasteiger partial charge is 0.252 e. The lowest BCUT2D eigenvalue weighted by Crippen LogP contribution is -2.46. The van der Waals surface area contributed by atoms with Crippen LogP contribution >= 0.6 is 23.8 Å². The minimum atomic E-state index is -0.437. The molecule has 1 aromatic rings. The van der Waals surface area contributed by atoms with Gasteiger partial charge in [0.2, 0.25) is 0 Å². The summed E-state index contributed by atoms with van der Waals surface area (Å²) < 4.78 is 0. The van der Waals surface area contributed by atoms with Crippen LogP contribution in [-0.2, 0) is 11.3 Å². The molecule has 0 radical (unpaired) electrons. The Kier molecular flexibility index (Phi) is 5.91. The van der Waals surface area contributed by atoms with Crippen molar-refractivity contribution in [1.82, 2.24) is 16.2 Å². The van der Waals surface area contributed by atoms with Crippen molar-refractivity contribution in [2.45, 2.75) is 13.0 Å². The number of nitrogens with zero attached hydrogens (tertiary/aromatic N) is 1. The van der Waals surface area contributed by atoms with E-state index < -0.39 is 5.91 Å². The first-order chi connectivity index (χ1) is 8.61. The van der Waals surface area contributed by atoms with E-state index in [2.05, 4.69) is 16.2 Å². The zero-order chi connectivity index (χ0) is 13.4. The second-order valence-electron chi connectivity index (χ2n) is 3.32. The molecule has 0 heterocycles. The van der Waals surface area contributed by atoms with E-state index in [9.17, 15) is 4.79 Å². The van der Waals surface area contributed by atoms with Crippen molar-refractivity contribution >= 4 is 34.8 Å². The van der Waals surface area contributed by atoms with Crippen LogP contribution in [0.3, 0.4) is 0 Å². The topological polar surface area (TPSA) is 77.0 Å². The molecular formula is C11H11ClN4OS. The third-order valence-electron chi connectivity index (χ3n) is 1.92. The highest BCUT2D eigenvalue weighted by atomic mass is 35.5. The molecule has 0 aliphatic carbocycles. The number of thiocarbonyl (C=S) groups is 1. The van der Waals surface area contributed by atoms with E-state index in [0.717, 1.165) is 5.56 Å². The number of benzene rings is 1. The Morgan fingerprint density at radius 3 is 2.61 bits per heavy atom. The van der Waals surface area contributed by atoms with Crippen LogP contribution < -0.4 is 16.2 Å². The van der Waals surface area contributed by atoms with E-state index in [0.29, 0.717) is 11.6 Å². The minimum Gasteiger partial charge on any atom is -0.357 e. The number of amides is 1. The van der Waals surface area contributed by atoms with Gasteiger partial charge in [-0.2, -0.15) is 5.26 Å². The fourth-order valence-corrected chi connectivity index (χ4v) is 1.32. The summed E-state index contributed by atoms with van der Waals surface area (Å²) in [6.45, 7) is 0.511. The monoisotopic (exact) mass is 282 g/mol. The summed E-state index contributed by atoms with van der Waals surface area (Å²) in [4.78, 5) is 11.0. The average Bonchev–Trinajstić information content (AvgIpc) is 2.36. The van der Waals surface area contributed by atoms with E-state index in [1.54, 1.807) is 18.2 Å². The molecule has 5 nitrogen and oxygen atoms in total. The van der Waals surface area contributed by atoms with Crippen molar-refractivity contribution in [1.29, 1.82) is 5.26 Å². The Morgan fingerprint density at radius 2 is 2.00 bits per heavy atom. The summed E-state index contributed by atoms with van der Waals surface area (Å²) in [7, 11) is 0. The summed E-state index contributed by atoms with van der Waals surface area (Å²) in [5.74, 6) is -0.437. The van der Waals surface area contributed by atoms with Gasteiger partial charge in [0.15, 0.2) is 5.11 Å². The number of nitriles is 1. The van der Waals surface area contributed by atoms with Crippen LogP contribution in [0.15, 0.2) is 24.3 Å². The van der Waals surface area contributed by atoms with Crippen LogP contribution in [-0.4, -0.2) is 11.0 Å². The fourth-order valence-electron chi connectivity index (χ4n) is 1.07. The first-order valence-corrected chi connectivity index (χ1v) is 5.84. The molecule has 0 aliphatic rings. The van der Waals surface area contributed by atoms with E-state index in [1.165, 1.54) is 0 Å². The maximum absolute atomic E-state index is 11.0. The third kappa shape index (κ3) is 5.48. The Labute approximate surface area is 115 Å². The number of carbonyl (C=O) groups excluding carboxylic acids is 1. The van der Waals surface area contributed by atoms with E-state index in [4.69, 9.17) is 29.1 Å². The maximum Gasteiger partial charge on any atom is 0.252 e. The van der Waals surface area contributed by atoms with E-state index in [1.807, 2.05) is 12.1 Å². The molecule has 3 N–H and O–H groups in total. The second kappa shape index (κ2) is 7.48. The highest BCUT2D eigenvalue weighted by Gasteiger charge is 2.00. The molecule has 0 saturated carbocycles. The quantitative estimate of drug-likeness (QED) is 0.575. The average molecular weight is 283 g/mol. The van der Waals surface area contributed by atoms with Gasteiger partial charge in [0.25, 0.3) is 5.91 Å². The highest BCUT2D eigenvalue weighted by Crippen LogP contribution is 2.08. The molecule has 1 rings (SSSR count). The van der Waals surface area contributed by atoms with Crippen LogP contribution in [0.1, 0.15) is 12.0 Å². The molecule has 0 bridgehead atoms. The number of carbonyl (C=O) groups is 1. The molecule has 0 unspecified atom stereocenters. The summed E-state index contributed by atoms with van der Waals surface area (Å²) in [5.41, 5.74) is 5.79. The lowest BCUT2D eigenvalue weighted by Gasteiger charge is -2.10. The van der Waals surface area contributed by atoms with Crippen LogP contribution in [0.25, 0.3) is 0 Å². The molecule has 0 atom stereocenters. The Bertz CT molecular complexity index is 469. The second-order valence-corrected chi connectivity index (χ2v) is 4.16. The van der Waals surface area contributed by atoms with Crippen LogP contribution in [0.2, 0.25) is 5.02 Å². The molecule has 0 fully saturated rings. The van der Waals surface area contributed by atoms with Gasteiger partial charge in [-0.05, 0) is 29.9 Å². The van der Waals surface area contributed by atoms with Gasteiger partial charge in [-0.1, -0.05) is 23.7 Å². The minimum absolute atomic E-state index is 0.215. The fraction of sp³-hybridized carbons (Fsp3) is 0.182. The van der Waals surface area contributed by atoms with Crippen LogP contribution in [0, 0.1) is 11.3 Å². The zero-order valence-electron chi connectivity index (χ0n) is 9.37. The SMILES string of the molecule is N#CCC(=O)NNC(=S)NCc1ccc(Cl)cc1. The van der Waals surface area contributed by atoms with Crippen LogP contribution in [0.5, 0.6) is 0 Å². The molecule has 1 aromatic carbocycles. The van der Waals surface area contributed by atoms with Crippen molar-refractivity contribution in [3.63, 3.8) is 0 Å². The number of hydrogen-bond acceptors (Lipinski definition) is 3. The molecule has 1 amide bonds. The molecule has 94 valence electrons. The van der Waals surface area contributed by atoms with Gasteiger partial charge in [-0.3, -0.25) is 15.6 Å².